The van der Waals surface area contributed by atoms with Crippen molar-refractivity contribution in [3.8, 4) is 0 Å². The van der Waals surface area contributed by atoms with Crippen LogP contribution < -0.4 is 5.73 Å². The molecule has 0 aromatic carbocycles. The molecule has 1 atom stereocenters. The van der Waals surface area contributed by atoms with E-state index >= 15 is 0 Å². The van der Waals surface area contributed by atoms with Crippen LogP contribution in [-0.4, -0.2) is 16.5 Å². The van der Waals surface area contributed by atoms with Crippen molar-refractivity contribution in [1.82, 2.24) is 4.98 Å². The molecule has 0 saturated carbocycles. The normalized spacial score (nSPS) is 28.3. The second-order valence-electron chi connectivity index (χ2n) is 7.28. The summed E-state index contributed by atoms with van der Waals surface area (Å²) in [6, 6.07) is 0. The highest BCUT2D eigenvalue weighted by molar-refractivity contribution is 7.99. The molecule has 1 aromatic heterocycles. The third-order valence-electron chi connectivity index (χ3n) is 3.34. The number of rotatable bonds is 1. The number of hydrogen-bond donors (Lipinski definition) is 1. The van der Waals surface area contributed by atoms with Crippen LogP contribution >= 0.6 is 23.1 Å². The predicted octanol–water partition coefficient (Wildman–Crippen LogP) is 3.76. The number of thiazole rings is 1. The van der Waals surface area contributed by atoms with E-state index in [4.69, 9.17) is 10.7 Å². The van der Waals surface area contributed by atoms with Crippen molar-refractivity contribution in [2.45, 2.75) is 52.0 Å². The van der Waals surface area contributed by atoms with Gasteiger partial charge in [-0.2, -0.15) is 11.8 Å². The molecule has 0 amide bonds. The zero-order valence-corrected chi connectivity index (χ0v) is 13.7. The molecular formula is C14H24N2S2. The van der Waals surface area contributed by atoms with Crippen molar-refractivity contribution < 1.29 is 0 Å². The number of aromatic nitrogens is 1. The van der Waals surface area contributed by atoms with E-state index in [-0.39, 0.29) is 11.0 Å². The van der Waals surface area contributed by atoms with Gasteiger partial charge in [-0.15, -0.1) is 11.3 Å². The van der Waals surface area contributed by atoms with E-state index in [1.807, 2.05) is 11.8 Å². The van der Waals surface area contributed by atoms with Crippen molar-refractivity contribution in [3.63, 3.8) is 0 Å². The van der Waals surface area contributed by atoms with E-state index in [1.165, 1.54) is 11.4 Å². The highest BCUT2D eigenvalue weighted by Crippen LogP contribution is 2.44. The first-order chi connectivity index (χ1) is 8.12. The molecule has 4 heteroatoms. The molecule has 102 valence electrons. The summed E-state index contributed by atoms with van der Waals surface area (Å²) in [5.74, 6) is 2.19. The summed E-state index contributed by atoms with van der Waals surface area (Å²) in [5.41, 5.74) is 8.00. The molecule has 2 rings (SSSR count). The van der Waals surface area contributed by atoms with Gasteiger partial charge in [0.05, 0.1) is 11.2 Å². The predicted molar refractivity (Wildman–Crippen MR) is 82.4 cm³/mol. The summed E-state index contributed by atoms with van der Waals surface area (Å²) in [7, 11) is 0. The van der Waals surface area contributed by atoms with E-state index < -0.39 is 0 Å². The van der Waals surface area contributed by atoms with Crippen LogP contribution in [0.5, 0.6) is 0 Å². The Morgan fingerprint density at radius 1 is 1.28 bits per heavy atom. The Bertz CT molecular complexity index is 431. The average Bonchev–Trinajstić information content (AvgIpc) is 2.63. The van der Waals surface area contributed by atoms with Crippen LogP contribution in [0.2, 0.25) is 0 Å². The lowest BCUT2D eigenvalue weighted by molar-refractivity contribution is 0.270. The van der Waals surface area contributed by atoms with Gasteiger partial charge in [-0.1, -0.05) is 34.6 Å². The number of hydrogen-bond acceptors (Lipinski definition) is 4. The molecule has 1 aliphatic heterocycles. The van der Waals surface area contributed by atoms with Gasteiger partial charge in [-0.05, 0) is 17.6 Å². The maximum Gasteiger partial charge on any atom is 0.114 e. The Morgan fingerprint density at radius 2 is 1.94 bits per heavy atom. The summed E-state index contributed by atoms with van der Waals surface area (Å²) in [6.07, 6.45) is 1.03. The lowest BCUT2D eigenvalue weighted by atomic mass is 9.80. The van der Waals surface area contributed by atoms with Crippen LogP contribution in [0.3, 0.4) is 0 Å². The molecule has 1 aromatic rings. The summed E-state index contributed by atoms with van der Waals surface area (Å²) in [5, 5.41) is 3.30. The number of thioether (sulfide) groups is 1. The first kappa shape index (κ1) is 14.4. The minimum absolute atomic E-state index is 0.114. The largest absolute Gasteiger partial charge is 0.319 e. The van der Waals surface area contributed by atoms with Gasteiger partial charge >= 0.3 is 0 Å². The molecule has 1 fully saturated rings. The molecule has 2 N–H and O–H groups in total. The Hall–Kier alpha value is -0.0600. The first-order valence-corrected chi connectivity index (χ1v) is 8.49. The van der Waals surface area contributed by atoms with E-state index in [0.29, 0.717) is 5.41 Å². The molecule has 2 nitrogen and oxygen atoms in total. The van der Waals surface area contributed by atoms with Crippen molar-refractivity contribution in [3.05, 3.63) is 16.1 Å². The molecule has 1 unspecified atom stereocenters. The van der Waals surface area contributed by atoms with Crippen LogP contribution in [0.4, 0.5) is 0 Å². The highest BCUT2D eigenvalue weighted by atomic mass is 32.2. The molecule has 18 heavy (non-hydrogen) atoms. The topological polar surface area (TPSA) is 38.9 Å². The van der Waals surface area contributed by atoms with Crippen LogP contribution in [0.1, 0.15) is 51.7 Å². The van der Waals surface area contributed by atoms with Crippen molar-refractivity contribution in [2.24, 2.45) is 11.1 Å². The van der Waals surface area contributed by atoms with Gasteiger partial charge in [0.2, 0.25) is 0 Å². The minimum atomic E-state index is -0.236. The Morgan fingerprint density at radius 3 is 2.44 bits per heavy atom. The lowest BCUT2D eigenvalue weighted by Crippen LogP contribution is -2.47. The third kappa shape index (κ3) is 2.91. The molecular weight excluding hydrogens is 260 g/mol. The monoisotopic (exact) mass is 284 g/mol. The Kier molecular flexibility index (Phi) is 3.58. The molecule has 0 radical (unpaired) electrons. The van der Waals surface area contributed by atoms with Gasteiger partial charge in [0, 0.05) is 16.5 Å². The van der Waals surface area contributed by atoms with Crippen molar-refractivity contribution in [2.75, 3.05) is 11.5 Å². The smallest absolute Gasteiger partial charge is 0.114 e. The van der Waals surface area contributed by atoms with E-state index in [1.54, 1.807) is 11.3 Å². The van der Waals surface area contributed by atoms with Crippen LogP contribution in [0.25, 0.3) is 0 Å². The third-order valence-corrected chi connectivity index (χ3v) is 6.11. The molecule has 0 spiro atoms. The summed E-state index contributed by atoms with van der Waals surface area (Å²) < 4.78 is 0. The SMILES string of the molecule is CC1(C)CSCC(N)(c2nc(C(C)(C)C)cs2)C1. The van der Waals surface area contributed by atoms with Gasteiger partial charge in [0.1, 0.15) is 5.01 Å². The molecule has 0 bridgehead atoms. The average molecular weight is 284 g/mol. The van der Waals surface area contributed by atoms with Gasteiger partial charge < -0.3 is 5.73 Å². The van der Waals surface area contributed by atoms with Crippen LogP contribution in [-0.2, 0) is 11.0 Å². The minimum Gasteiger partial charge on any atom is -0.319 e. The van der Waals surface area contributed by atoms with Gasteiger partial charge in [0.15, 0.2) is 0 Å². The Balaban J connectivity index is 2.28. The summed E-state index contributed by atoms with van der Waals surface area (Å²) >= 11 is 3.70. The molecule has 1 aliphatic rings. The van der Waals surface area contributed by atoms with Gasteiger partial charge in [-0.25, -0.2) is 4.98 Å². The molecule has 1 saturated heterocycles. The van der Waals surface area contributed by atoms with Crippen LogP contribution in [0.15, 0.2) is 5.38 Å². The zero-order chi connectivity index (χ0) is 13.6. The summed E-state index contributed by atoms with van der Waals surface area (Å²) in [4.78, 5) is 4.82. The van der Waals surface area contributed by atoms with Gasteiger partial charge in [0.25, 0.3) is 0 Å². The first-order valence-electron chi connectivity index (χ1n) is 6.46. The fourth-order valence-corrected chi connectivity index (χ4v) is 5.06. The lowest BCUT2D eigenvalue weighted by Gasteiger charge is -2.40. The maximum atomic E-state index is 6.64. The van der Waals surface area contributed by atoms with Crippen molar-refractivity contribution in [1.29, 1.82) is 0 Å². The summed E-state index contributed by atoms with van der Waals surface area (Å²) in [6.45, 7) is 11.2. The molecule has 2 heterocycles. The van der Waals surface area contributed by atoms with Gasteiger partial charge in [-0.3, -0.25) is 0 Å². The zero-order valence-electron chi connectivity index (χ0n) is 12.0. The number of nitrogens with two attached hydrogens (primary N) is 1. The highest BCUT2D eigenvalue weighted by Gasteiger charge is 2.41. The quantitative estimate of drug-likeness (QED) is 0.853. The second kappa shape index (κ2) is 4.50. The van der Waals surface area contributed by atoms with Crippen LogP contribution in [0, 0.1) is 5.41 Å². The van der Waals surface area contributed by atoms with Crippen molar-refractivity contribution >= 4 is 23.1 Å². The van der Waals surface area contributed by atoms with E-state index in [2.05, 4.69) is 40.0 Å². The Labute approximate surface area is 119 Å². The van der Waals surface area contributed by atoms with E-state index in [9.17, 15) is 0 Å². The standard InChI is InChI=1S/C14H24N2S2/c1-12(2,3)10-6-18-11(16-10)14(15)7-13(4,5)8-17-9-14/h6H,7-9,15H2,1-5H3. The fourth-order valence-electron chi connectivity index (χ4n) is 2.45. The fraction of sp³-hybridized carbons (Fsp3) is 0.786. The molecule has 0 aliphatic carbocycles. The maximum absolute atomic E-state index is 6.64. The van der Waals surface area contributed by atoms with E-state index in [0.717, 1.165) is 17.2 Å². The number of nitrogens with zero attached hydrogens (tertiary/aromatic N) is 1. The second-order valence-corrected chi connectivity index (χ2v) is 9.12.